The Bertz CT molecular complexity index is 260. The second-order valence-electron chi connectivity index (χ2n) is 3.04. The van der Waals surface area contributed by atoms with Crippen molar-refractivity contribution in [2.75, 3.05) is 0 Å². The van der Waals surface area contributed by atoms with E-state index in [0.717, 1.165) is 12.2 Å². The van der Waals surface area contributed by atoms with Crippen molar-refractivity contribution < 1.29 is 23.5 Å². The van der Waals surface area contributed by atoms with Gasteiger partial charge in [0.05, 0.1) is 5.76 Å². The van der Waals surface area contributed by atoms with Crippen LogP contribution in [0.15, 0.2) is 23.7 Å². The van der Waals surface area contributed by atoms with Crippen molar-refractivity contribution >= 4 is 7.32 Å². The number of halogens is 2. The van der Waals surface area contributed by atoms with Gasteiger partial charge in [-0.25, -0.2) is 8.78 Å². The van der Waals surface area contributed by atoms with Gasteiger partial charge in [-0.15, -0.1) is 0 Å². The monoisotopic (exact) mass is 190 g/mol. The Morgan fingerprint density at radius 3 is 2.69 bits per heavy atom. The first kappa shape index (κ1) is 10.2. The summed E-state index contributed by atoms with van der Waals surface area (Å²) in [5.41, 5.74) is -1.84. The molecule has 6 heteroatoms. The summed E-state index contributed by atoms with van der Waals surface area (Å²) in [5, 5.41) is 16.8. The van der Waals surface area contributed by atoms with Crippen LogP contribution < -0.4 is 0 Å². The van der Waals surface area contributed by atoms with Crippen LogP contribution in [0.1, 0.15) is 13.3 Å². The van der Waals surface area contributed by atoms with Crippen LogP contribution in [0.25, 0.3) is 0 Å². The van der Waals surface area contributed by atoms with Gasteiger partial charge in [0, 0.05) is 12.5 Å². The molecule has 0 amide bonds. The van der Waals surface area contributed by atoms with Gasteiger partial charge in [0.15, 0.2) is 0 Å². The third kappa shape index (κ3) is 3.16. The first-order valence-electron chi connectivity index (χ1n) is 3.70. The van der Waals surface area contributed by atoms with E-state index in [1.165, 1.54) is 6.92 Å². The van der Waals surface area contributed by atoms with E-state index in [-0.39, 0.29) is 12.2 Å². The molecule has 3 nitrogen and oxygen atoms in total. The average molecular weight is 190 g/mol. The highest BCUT2D eigenvalue weighted by Gasteiger charge is 2.29. The standard InChI is InChI=1S/C7H9BF2O3/c1-7(10)3-5(9)2-6(4-7)13-8(11)12/h2-3,11-12H,4H2,1H3. The summed E-state index contributed by atoms with van der Waals surface area (Å²) in [4.78, 5) is 0. The van der Waals surface area contributed by atoms with Crippen LogP contribution in [-0.4, -0.2) is 23.0 Å². The van der Waals surface area contributed by atoms with Crippen molar-refractivity contribution in [1.29, 1.82) is 0 Å². The minimum atomic E-state index is -2.05. The molecule has 2 N–H and O–H groups in total. The fourth-order valence-corrected chi connectivity index (χ4v) is 1.14. The summed E-state index contributed by atoms with van der Waals surface area (Å²) in [6, 6.07) is 0. The molecule has 72 valence electrons. The van der Waals surface area contributed by atoms with Crippen molar-refractivity contribution in [3.8, 4) is 0 Å². The first-order valence-corrected chi connectivity index (χ1v) is 3.70. The number of hydrogen-bond acceptors (Lipinski definition) is 3. The lowest BCUT2D eigenvalue weighted by molar-refractivity contribution is 0.183. The fraction of sp³-hybridized carbons (Fsp3) is 0.429. The third-order valence-corrected chi connectivity index (χ3v) is 1.51. The highest BCUT2D eigenvalue weighted by atomic mass is 19.1. The van der Waals surface area contributed by atoms with Gasteiger partial charge in [0.2, 0.25) is 0 Å². The van der Waals surface area contributed by atoms with E-state index in [1.54, 1.807) is 0 Å². The topological polar surface area (TPSA) is 49.7 Å². The van der Waals surface area contributed by atoms with Crippen LogP contribution >= 0.6 is 0 Å². The van der Waals surface area contributed by atoms with E-state index in [0.29, 0.717) is 0 Å². The summed E-state index contributed by atoms with van der Waals surface area (Å²) < 4.78 is 30.3. The van der Waals surface area contributed by atoms with Crippen LogP contribution in [-0.2, 0) is 4.65 Å². The minimum Gasteiger partial charge on any atom is -0.515 e. The van der Waals surface area contributed by atoms with Gasteiger partial charge in [0.25, 0.3) is 0 Å². The molecule has 0 saturated heterocycles. The van der Waals surface area contributed by atoms with E-state index in [2.05, 4.69) is 4.65 Å². The van der Waals surface area contributed by atoms with Crippen molar-refractivity contribution in [2.24, 2.45) is 0 Å². The Kier molecular flexibility index (Phi) is 2.73. The van der Waals surface area contributed by atoms with Crippen molar-refractivity contribution in [3.63, 3.8) is 0 Å². The lowest BCUT2D eigenvalue weighted by atomic mass is 9.97. The molecule has 13 heavy (non-hydrogen) atoms. The summed E-state index contributed by atoms with van der Waals surface area (Å²) in [6.07, 6.45) is 1.52. The predicted octanol–water partition coefficient (Wildman–Crippen LogP) is 0.842. The van der Waals surface area contributed by atoms with E-state index in [1.807, 2.05) is 0 Å². The second-order valence-corrected chi connectivity index (χ2v) is 3.04. The van der Waals surface area contributed by atoms with E-state index in [9.17, 15) is 8.78 Å². The van der Waals surface area contributed by atoms with E-state index < -0.39 is 18.8 Å². The Morgan fingerprint density at radius 1 is 1.62 bits per heavy atom. The Balaban J connectivity index is 2.73. The molecule has 0 heterocycles. The van der Waals surface area contributed by atoms with Crippen LogP contribution in [0.5, 0.6) is 0 Å². The molecule has 1 rings (SSSR count). The predicted molar refractivity (Wildman–Crippen MR) is 42.7 cm³/mol. The molecule has 0 radical (unpaired) electrons. The van der Waals surface area contributed by atoms with Gasteiger partial charge < -0.3 is 14.7 Å². The number of alkyl halides is 1. The van der Waals surface area contributed by atoms with Gasteiger partial charge in [-0.1, -0.05) is 0 Å². The normalized spacial score (nSPS) is 27.8. The Labute approximate surface area is 74.5 Å². The lowest BCUT2D eigenvalue weighted by Gasteiger charge is -2.22. The van der Waals surface area contributed by atoms with Gasteiger partial charge in [0.1, 0.15) is 11.5 Å². The minimum absolute atomic E-state index is 0.125. The van der Waals surface area contributed by atoms with Crippen LogP contribution in [0, 0.1) is 0 Å². The smallest absolute Gasteiger partial charge is 0.515 e. The molecular formula is C7H9BF2O3. The third-order valence-electron chi connectivity index (χ3n) is 1.51. The van der Waals surface area contributed by atoms with E-state index >= 15 is 0 Å². The maximum Gasteiger partial charge on any atom is 0.707 e. The maximum atomic E-state index is 13.2. The van der Waals surface area contributed by atoms with Crippen LogP contribution in [0.2, 0.25) is 0 Å². The molecule has 1 aliphatic carbocycles. The molecule has 1 aliphatic rings. The Hall–Kier alpha value is -0.875. The van der Waals surface area contributed by atoms with E-state index in [4.69, 9.17) is 10.0 Å². The van der Waals surface area contributed by atoms with Crippen LogP contribution in [0.4, 0.5) is 8.78 Å². The Morgan fingerprint density at radius 2 is 2.23 bits per heavy atom. The molecule has 0 saturated carbocycles. The molecular weight excluding hydrogens is 181 g/mol. The van der Waals surface area contributed by atoms with Crippen molar-refractivity contribution in [3.05, 3.63) is 23.7 Å². The largest absolute Gasteiger partial charge is 0.707 e. The van der Waals surface area contributed by atoms with Gasteiger partial charge in [-0.05, 0) is 13.0 Å². The molecule has 0 aromatic carbocycles. The molecule has 1 atom stereocenters. The van der Waals surface area contributed by atoms with Gasteiger partial charge >= 0.3 is 7.32 Å². The molecule has 1 unspecified atom stereocenters. The lowest BCUT2D eigenvalue weighted by Crippen LogP contribution is -2.24. The fourth-order valence-electron chi connectivity index (χ4n) is 1.14. The highest BCUT2D eigenvalue weighted by Crippen LogP contribution is 2.30. The molecule has 0 aromatic rings. The number of rotatable bonds is 2. The molecule has 0 spiro atoms. The summed E-state index contributed by atoms with van der Waals surface area (Å²) in [7, 11) is -2.05. The summed E-state index contributed by atoms with van der Waals surface area (Å²) >= 11 is 0. The van der Waals surface area contributed by atoms with Crippen molar-refractivity contribution in [2.45, 2.75) is 19.0 Å². The average Bonchev–Trinajstić information content (AvgIpc) is 1.78. The molecule has 0 aliphatic heterocycles. The zero-order valence-electron chi connectivity index (χ0n) is 7.00. The molecule has 0 fully saturated rings. The quantitative estimate of drug-likeness (QED) is 0.634. The number of hydrogen-bond donors (Lipinski definition) is 2. The van der Waals surface area contributed by atoms with Gasteiger partial charge in [-0.2, -0.15) is 0 Å². The molecule has 0 aromatic heterocycles. The molecule has 0 bridgehead atoms. The van der Waals surface area contributed by atoms with Crippen molar-refractivity contribution in [1.82, 2.24) is 0 Å². The van der Waals surface area contributed by atoms with Gasteiger partial charge in [-0.3, -0.25) is 0 Å². The highest BCUT2D eigenvalue weighted by molar-refractivity contribution is 6.33. The first-order chi connectivity index (χ1) is 5.89. The van der Waals surface area contributed by atoms with Crippen LogP contribution in [0.3, 0.4) is 0 Å². The zero-order valence-corrected chi connectivity index (χ0v) is 7.00. The number of allylic oxidation sites excluding steroid dienone is 4. The SMILES string of the molecule is CC1(F)C=C(F)C=C(OB(O)O)C1. The second kappa shape index (κ2) is 3.47. The summed E-state index contributed by atoms with van der Waals surface area (Å²) in [5.74, 6) is -0.910. The summed E-state index contributed by atoms with van der Waals surface area (Å²) in [6.45, 7) is 1.17. The zero-order chi connectivity index (χ0) is 10.1. The maximum absolute atomic E-state index is 13.2.